The number of rotatable bonds is 2. The van der Waals surface area contributed by atoms with E-state index in [0.717, 1.165) is 25.9 Å². The second-order valence-corrected chi connectivity index (χ2v) is 6.19. The van der Waals surface area contributed by atoms with Crippen LogP contribution in [0.1, 0.15) is 19.3 Å². The highest BCUT2D eigenvalue weighted by atomic mass is 32.2. The third-order valence-corrected chi connectivity index (χ3v) is 4.18. The van der Waals surface area contributed by atoms with Crippen molar-refractivity contribution < 1.29 is 8.42 Å². The smallest absolute Gasteiger partial charge is 0.209 e. The van der Waals surface area contributed by atoms with Gasteiger partial charge < -0.3 is 5.32 Å². The van der Waals surface area contributed by atoms with Crippen molar-refractivity contribution in [2.45, 2.75) is 19.3 Å². The predicted octanol–water partition coefficient (Wildman–Crippen LogP) is -0.335. The maximum atomic E-state index is 10.8. The van der Waals surface area contributed by atoms with Gasteiger partial charge in [0.25, 0.3) is 0 Å². The molecule has 0 aromatic carbocycles. The molecule has 2 rings (SSSR count). The lowest BCUT2D eigenvalue weighted by atomic mass is 9.62. The molecule has 0 atom stereocenters. The minimum absolute atomic E-state index is 0.175. The highest BCUT2D eigenvalue weighted by Crippen LogP contribution is 2.49. The Morgan fingerprint density at radius 3 is 2.62 bits per heavy atom. The van der Waals surface area contributed by atoms with Crippen molar-refractivity contribution in [2.75, 3.05) is 18.8 Å². The summed E-state index contributed by atoms with van der Waals surface area (Å²) in [5.41, 5.74) is 0.426. The van der Waals surface area contributed by atoms with Gasteiger partial charge in [0.1, 0.15) is 0 Å². The third-order valence-electron chi connectivity index (χ3n) is 3.24. The molecule has 1 aliphatic heterocycles. The van der Waals surface area contributed by atoms with Crippen LogP contribution in [-0.2, 0) is 10.0 Å². The van der Waals surface area contributed by atoms with Crippen LogP contribution in [0.4, 0.5) is 0 Å². The molecule has 5 heteroatoms. The zero-order valence-electron chi connectivity index (χ0n) is 7.62. The fraction of sp³-hybridized carbons (Fsp3) is 1.00. The lowest BCUT2D eigenvalue weighted by molar-refractivity contribution is 0.0916. The SMILES string of the molecule is NS(=O)(=O)CC1CC2(CCNC2)C1. The van der Waals surface area contributed by atoms with Crippen molar-refractivity contribution in [3.05, 3.63) is 0 Å². The molecule has 0 unspecified atom stereocenters. The Morgan fingerprint density at radius 1 is 1.46 bits per heavy atom. The molecule has 0 radical (unpaired) electrons. The van der Waals surface area contributed by atoms with E-state index in [1.807, 2.05) is 0 Å². The van der Waals surface area contributed by atoms with E-state index in [1.54, 1.807) is 0 Å². The third kappa shape index (κ3) is 2.03. The minimum Gasteiger partial charge on any atom is -0.316 e. The molecule has 0 amide bonds. The first-order valence-electron chi connectivity index (χ1n) is 4.70. The van der Waals surface area contributed by atoms with Gasteiger partial charge in [-0.15, -0.1) is 0 Å². The Labute approximate surface area is 78.9 Å². The Balaban J connectivity index is 1.84. The average Bonchev–Trinajstić information content (AvgIpc) is 2.30. The van der Waals surface area contributed by atoms with Crippen molar-refractivity contribution in [1.29, 1.82) is 0 Å². The van der Waals surface area contributed by atoms with Gasteiger partial charge in [0, 0.05) is 6.54 Å². The zero-order valence-corrected chi connectivity index (χ0v) is 8.44. The van der Waals surface area contributed by atoms with Crippen molar-refractivity contribution in [1.82, 2.24) is 5.32 Å². The molecular formula is C8H16N2O2S. The fourth-order valence-electron chi connectivity index (χ4n) is 2.76. The summed E-state index contributed by atoms with van der Waals surface area (Å²) in [5.74, 6) is 0.490. The first-order valence-corrected chi connectivity index (χ1v) is 6.42. The Bertz CT molecular complexity index is 285. The molecule has 1 heterocycles. The maximum absolute atomic E-state index is 10.8. The van der Waals surface area contributed by atoms with Crippen molar-refractivity contribution in [3.8, 4) is 0 Å². The summed E-state index contributed by atoms with van der Waals surface area (Å²) in [4.78, 5) is 0. The van der Waals surface area contributed by atoms with Crippen LogP contribution < -0.4 is 10.5 Å². The lowest BCUT2D eigenvalue weighted by Crippen LogP contribution is -2.42. The van der Waals surface area contributed by atoms with Crippen molar-refractivity contribution >= 4 is 10.0 Å². The second kappa shape index (κ2) is 2.93. The largest absolute Gasteiger partial charge is 0.316 e. The normalized spacial score (nSPS) is 39.3. The Kier molecular flexibility index (Phi) is 2.13. The minimum atomic E-state index is -3.25. The molecule has 2 fully saturated rings. The maximum Gasteiger partial charge on any atom is 0.209 e. The predicted molar refractivity (Wildman–Crippen MR) is 50.6 cm³/mol. The molecule has 3 N–H and O–H groups in total. The highest BCUT2D eigenvalue weighted by Gasteiger charge is 2.46. The summed E-state index contributed by atoms with van der Waals surface area (Å²) in [5, 5.41) is 8.31. The van der Waals surface area contributed by atoms with E-state index >= 15 is 0 Å². The van der Waals surface area contributed by atoms with E-state index in [2.05, 4.69) is 5.32 Å². The molecule has 76 valence electrons. The van der Waals surface area contributed by atoms with Crippen LogP contribution in [0.15, 0.2) is 0 Å². The number of nitrogens with two attached hydrogens (primary N) is 1. The van der Waals surface area contributed by atoms with E-state index in [4.69, 9.17) is 5.14 Å². The van der Waals surface area contributed by atoms with E-state index in [1.165, 1.54) is 6.42 Å². The van der Waals surface area contributed by atoms with Gasteiger partial charge in [0.15, 0.2) is 0 Å². The van der Waals surface area contributed by atoms with E-state index < -0.39 is 10.0 Å². The Hall–Kier alpha value is -0.130. The lowest BCUT2D eigenvalue weighted by Gasteiger charge is -2.44. The zero-order chi connectivity index (χ0) is 9.53. The summed E-state index contributed by atoms with van der Waals surface area (Å²) in [6.45, 7) is 2.15. The van der Waals surface area contributed by atoms with E-state index in [9.17, 15) is 8.42 Å². The molecule has 1 aliphatic carbocycles. The Morgan fingerprint density at radius 2 is 2.15 bits per heavy atom. The van der Waals surface area contributed by atoms with Crippen LogP contribution in [0.2, 0.25) is 0 Å². The summed E-state index contributed by atoms with van der Waals surface area (Å²) in [6.07, 6.45) is 3.28. The van der Waals surface area contributed by atoms with Gasteiger partial charge in [-0.25, -0.2) is 13.6 Å². The molecule has 0 aromatic rings. The molecule has 0 bridgehead atoms. The monoisotopic (exact) mass is 204 g/mol. The number of hydrogen-bond acceptors (Lipinski definition) is 3. The first kappa shape index (κ1) is 9.43. The molecule has 0 aromatic heterocycles. The molecule has 1 spiro atoms. The van der Waals surface area contributed by atoms with Gasteiger partial charge in [-0.1, -0.05) is 0 Å². The molecule has 1 saturated heterocycles. The molecule has 13 heavy (non-hydrogen) atoms. The topological polar surface area (TPSA) is 72.2 Å². The van der Waals surface area contributed by atoms with Crippen LogP contribution >= 0.6 is 0 Å². The van der Waals surface area contributed by atoms with Crippen LogP contribution in [0, 0.1) is 11.3 Å². The molecule has 4 nitrogen and oxygen atoms in total. The number of nitrogens with one attached hydrogen (secondary N) is 1. The number of hydrogen-bond donors (Lipinski definition) is 2. The van der Waals surface area contributed by atoms with Crippen molar-refractivity contribution in [2.24, 2.45) is 16.5 Å². The van der Waals surface area contributed by atoms with Crippen LogP contribution in [0.5, 0.6) is 0 Å². The van der Waals surface area contributed by atoms with Crippen LogP contribution in [-0.4, -0.2) is 27.3 Å². The van der Waals surface area contributed by atoms with Crippen LogP contribution in [0.3, 0.4) is 0 Å². The van der Waals surface area contributed by atoms with Gasteiger partial charge in [0.05, 0.1) is 5.75 Å². The van der Waals surface area contributed by atoms with Crippen molar-refractivity contribution in [3.63, 3.8) is 0 Å². The van der Waals surface area contributed by atoms with Crippen LogP contribution in [0.25, 0.3) is 0 Å². The van der Waals surface area contributed by atoms with E-state index in [0.29, 0.717) is 11.3 Å². The van der Waals surface area contributed by atoms with Gasteiger partial charge >= 0.3 is 0 Å². The van der Waals surface area contributed by atoms with Gasteiger partial charge in [0.2, 0.25) is 10.0 Å². The number of primary sulfonamides is 1. The molecule has 2 aliphatic rings. The molecule has 1 saturated carbocycles. The van der Waals surface area contributed by atoms with Gasteiger partial charge in [-0.2, -0.15) is 0 Å². The fourth-order valence-corrected chi connectivity index (χ4v) is 3.65. The summed E-state index contributed by atoms with van der Waals surface area (Å²) < 4.78 is 21.6. The second-order valence-electron chi connectivity index (χ2n) is 4.53. The van der Waals surface area contributed by atoms with Gasteiger partial charge in [-0.3, -0.25) is 0 Å². The first-order chi connectivity index (χ1) is 5.99. The average molecular weight is 204 g/mol. The number of sulfonamides is 1. The summed E-state index contributed by atoms with van der Waals surface area (Å²) in [6, 6.07) is 0. The van der Waals surface area contributed by atoms with E-state index in [-0.39, 0.29) is 5.75 Å². The summed E-state index contributed by atoms with van der Waals surface area (Å²) in [7, 11) is -3.25. The quantitative estimate of drug-likeness (QED) is 0.646. The van der Waals surface area contributed by atoms with Gasteiger partial charge in [-0.05, 0) is 37.1 Å². The summed E-state index contributed by atoms with van der Waals surface area (Å²) >= 11 is 0. The standard InChI is InChI=1S/C8H16N2O2S/c9-13(11,12)5-7-3-8(4-7)1-2-10-6-8/h7,10H,1-6H2,(H2,9,11,12). The molecular weight excluding hydrogens is 188 g/mol. The highest BCUT2D eigenvalue weighted by molar-refractivity contribution is 7.89.